The van der Waals surface area contributed by atoms with Crippen molar-refractivity contribution in [1.29, 1.82) is 0 Å². The van der Waals surface area contributed by atoms with Gasteiger partial charge in [-0.05, 0) is 6.92 Å². The lowest BCUT2D eigenvalue weighted by Crippen LogP contribution is -2.09. The molecule has 0 aliphatic rings. The van der Waals surface area contributed by atoms with E-state index in [1.54, 1.807) is 12.4 Å². The molecule has 0 aromatic carbocycles. The van der Waals surface area contributed by atoms with Crippen molar-refractivity contribution < 1.29 is 0 Å². The number of aryl methyl sites for hydroxylation is 2. The molecule has 0 saturated carbocycles. The molecule has 0 radical (unpaired) electrons. The van der Waals surface area contributed by atoms with Crippen molar-refractivity contribution >= 4 is 5.82 Å². The first-order valence-electron chi connectivity index (χ1n) is 6.74. The Hall–Kier alpha value is -1.98. The summed E-state index contributed by atoms with van der Waals surface area (Å²) in [6.45, 7) is 7.64. The zero-order valence-electron chi connectivity index (χ0n) is 11.7. The standard InChI is InChI=1S/C13H20N6/c1-4-11-17-13(5-2)19(18-11)9-10-7-16-12(8-15-10)14-6-3/h7-8H,4-6,9H2,1-3H3,(H,14,16). The fraction of sp³-hybridized carbons (Fsp3) is 0.538. The second-order valence-electron chi connectivity index (χ2n) is 4.23. The number of nitrogens with zero attached hydrogens (tertiary/aromatic N) is 5. The highest BCUT2D eigenvalue weighted by molar-refractivity contribution is 5.30. The monoisotopic (exact) mass is 260 g/mol. The highest BCUT2D eigenvalue weighted by Gasteiger charge is 2.08. The van der Waals surface area contributed by atoms with Crippen LogP contribution in [0.5, 0.6) is 0 Å². The molecule has 19 heavy (non-hydrogen) atoms. The van der Waals surface area contributed by atoms with Crippen molar-refractivity contribution in [2.45, 2.75) is 40.2 Å². The Bertz CT molecular complexity index is 516. The van der Waals surface area contributed by atoms with Crippen LogP contribution in [0.2, 0.25) is 0 Å². The SMILES string of the molecule is CCNc1cnc(Cn2nc(CC)nc2CC)cn1. The zero-order chi connectivity index (χ0) is 13.7. The fourth-order valence-electron chi connectivity index (χ4n) is 1.83. The number of rotatable bonds is 6. The Labute approximate surface area is 113 Å². The molecule has 0 aliphatic carbocycles. The molecule has 0 saturated heterocycles. The van der Waals surface area contributed by atoms with Gasteiger partial charge in [0.05, 0.1) is 24.6 Å². The van der Waals surface area contributed by atoms with Crippen LogP contribution in [0.1, 0.15) is 38.1 Å². The van der Waals surface area contributed by atoms with Gasteiger partial charge in [0, 0.05) is 19.4 Å². The van der Waals surface area contributed by atoms with E-state index in [0.717, 1.165) is 42.5 Å². The smallest absolute Gasteiger partial charge is 0.150 e. The molecule has 6 nitrogen and oxygen atoms in total. The van der Waals surface area contributed by atoms with Gasteiger partial charge in [0.15, 0.2) is 5.82 Å². The molecule has 0 unspecified atom stereocenters. The first-order valence-corrected chi connectivity index (χ1v) is 6.74. The molecule has 0 amide bonds. The van der Waals surface area contributed by atoms with Crippen molar-refractivity contribution in [2.24, 2.45) is 0 Å². The van der Waals surface area contributed by atoms with Crippen LogP contribution in [0.25, 0.3) is 0 Å². The van der Waals surface area contributed by atoms with Crippen LogP contribution in [-0.4, -0.2) is 31.3 Å². The van der Waals surface area contributed by atoms with Gasteiger partial charge < -0.3 is 5.32 Å². The lowest BCUT2D eigenvalue weighted by Gasteiger charge is -2.05. The van der Waals surface area contributed by atoms with Gasteiger partial charge in [0.25, 0.3) is 0 Å². The van der Waals surface area contributed by atoms with E-state index in [4.69, 9.17) is 0 Å². The summed E-state index contributed by atoms with van der Waals surface area (Å²) in [6.07, 6.45) is 5.26. The minimum atomic E-state index is 0.621. The maximum Gasteiger partial charge on any atom is 0.150 e. The van der Waals surface area contributed by atoms with Crippen LogP contribution < -0.4 is 5.32 Å². The first-order chi connectivity index (χ1) is 9.26. The molecule has 6 heteroatoms. The van der Waals surface area contributed by atoms with Crippen LogP contribution >= 0.6 is 0 Å². The minimum Gasteiger partial charge on any atom is -0.369 e. The molecule has 2 rings (SSSR count). The first kappa shape index (κ1) is 13.5. The van der Waals surface area contributed by atoms with E-state index in [1.807, 2.05) is 11.6 Å². The second kappa shape index (κ2) is 6.26. The number of aromatic nitrogens is 5. The van der Waals surface area contributed by atoms with E-state index in [-0.39, 0.29) is 0 Å². The largest absolute Gasteiger partial charge is 0.369 e. The van der Waals surface area contributed by atoms with E-state index < -0.39 is 0 Å². The molecule has 102 valence electrons. The van der Waals surface area contributed by atoms with E-state index in [9.17, 15) is 0 Å². The summed E-state index contributed by atoms with van der Waals surface area (Å²) in [6, 6.07) is 0. The van der Waals surface area contributed by atoms with Gasteiger partial charge in [0.1, 0.15) is 11.6 Å². The van der Waals surface area contributed by atoms with E-state index in [1.165, 1.54) is 0 Å². The number of hydrogen-bond acceptors (Lipinski definition) is 5. The fourth-order valence-corrected chi connectivity index (χ4v) is 1.83. The van der Waals surface area contributed by atoms with E-state index >= 15 is 0 Å². The Morgan fingerprint density at radius 3 is 2.53 bits per heavy atom. The minimum absolute atomic E-state index is 0.621. The number of hydrogen-bond donors (Lipinski definition) is 1. The van der Waals surface area contributed by atoms with Crippen molar-refractivity contribution in [2.75, 3.05) is 11.9 Å². The zero-order valence-corrected chi connectivity index (χ0v) is 11.7. The molecule has 2 aromatic heterocycles. The summed E-state index contributed by atoms with van der Waals surface area (Å²) in [5.74, 6) is 2.68. The molecule has 1 N–H and O–H groups in total. The number of anilines is 1. The Morgan fingerprint density at radius 2 is 1.95 bits per heavy atom. The molecule has 0 bridgehead atoms. The number of nitrogens with one attached hydrogen (secondary N) is 1. The van der Waals surface area contributed by atoms with Crippen molar-refractivity contribution in [3.05, 3.63) is 29.7 Å². The van der Waals surface area contributed by atoms with Crippen LogP contribution in [0.15, 0.2) is 12.4 Å². The molecule has 0 aliphatic heterocycles. The average Bonchev–Trinajstić information content (AvgIpc) is 2.83. The maximum absolute atomic E-state index is 4.48. The summed E-state index contributed by atoms with van der Waals surface area (Å²) in [7, 11) is 0. The highest BCUT2D eigenvalue weighted by atomic mass is 15.3. The molecule has 0 spiro atoms. The van der Waals surface area contributed by atoms with Crippen LogP contribution in [-0.2, 0) is 19.4 Å². The third-order valence-corrected chi connectivity index (χ3v) is 2.80. The third-order valence-electron chi connectivity index (χ3n) is 2.80. The predicted octanol–water partition coefficient (Wildman–Crippen LogP) is 1.67. The van der Waals surface area contributed by atoms with Gasteiger partial charge in [0.2, 0.25) is 0 Å². The van der Waals surface area contributed by atoms with Crippen LogP contribution in [0.4, 0.5) is 5.82 Å². The average molecular weight is 260 g/mol. The molecular weight excluding hydrogens is 240 g/mol. The normalized spacial score (nSPS) is 10.7. The summed E-state index contributed by atoms with van der Waals surface area (Å²) >= 11 is 0. The predicted molar refractivity (Wildman–Crippen MR) is 74.1 cm³/mol. The lowest BCUT2D eigenvalue weighted by atomic mass is 10.4. The second-order valence-corrected chi connectivity index (χ2v) is 4.23. The van der Waals surface area contributed by atoms with Crippen molar-refractivity contribution in [3.63, 3.8) is 0 Å². The van der Waals surface area contributed by atoms with Gasteiger partial charge in [-0.2, -0.15) is 5.10 Å². The summed E-state index contributed by atoms with van der Waals surface area (Å²) in [5.41, 5.74) is 0.893. The van der Waals surface area contributed by atoms with Gasteiger partial charge >= 0.3 is 0 Å². The molecule has 0 atom stereocenters. The maximum atomic E-state index is 4.48. The summed E-state index contributed by atoms with van der Waals surface area (Å²) in [5, 5.41) is 7.60. The van der Waals surface area contributed by atoms with Gasteiger partial charge in [-0.15, -0.1) is 0 Å². The van der Waals surface area contributed by atoms with Crippen LogP contribution in [0, 0.1) is 0 Å². The van der Waals surface area contributed by atoms with E-state index in [2.05, 4.69) is 39.2 Å². The Morgan fingerprint density at radius 1 is 1.11 bits per heavy atom. The van der Waals surface area contributed by atoms with Crippen molar-refractivity contribution in [3.8, 4) is 0 Å². The summed E-state index contributed by atoms with van der Waals surface area (Å²) in [4.78, 5) is 13.2. The van der Waals surface area contributed by atoms with Gasteiger partial charge in [-0.3, -0.25) is 4.98 Å². The third kappa shape index (κ3) is 3.27. The molecule has 0 fully saturated rings. The van der Waals surface area contributed by atoms with Crippen LogP contribution in [0.3, 0.4) is 0 Å². The molecular formula is C13H20N6. The summed E-state index contributed by atoms with van der Waals surface area (Å²) < 4.78 is 1.91. The Kier molecular flexibility index (Phi) is 4.43. The Balaban J connectivity index is 2.13. The van der Waals surface area contributed by atoms with E-state index in [0.29, 0.717) is 6.54 Å². The highest BCUT2D eigenvalue weighted by Crippen LogP contribution is 2.06. The molecule has 2 heterocycles. The lowest BCUT2D eigenvalue weighted by molar-refractivity contribution is 0.624. The van der Waals surface area contributed by atoms with Gasteiger partial charge in [-0.25, -0.2) is 14.6 Å². The quantitative estimate of drug-likeness (QED) is 0.855. The van der Waals surface area contributed by atoms with Gasteiger partial charge in [-0.1, -0.05) is 13.8 Å². The van der Waals surface area contributed by atoms with Crippen molar-refractivity contribution in [1.82, 2.24) is 24.7 Å². The topological polar surface area (TPSA) is 68.5 Å². The molecule has 2 aromatic rings.